The molecule has 0 bridgehead atoms. The Morgan fingerprint density at radius 1 is 1.25 bits per heavy atom. The van der Waals surface area contributed by atoms with Gasteiger partial charge in [-0.05, 0) is 30.8 Å². The second-order valence-corrected chi connectivity index (χ2v) is 3.96. The molecule has 0 aliphatic heterocycles. The van der Waals surface area contributed by atoms with Gasteiger partial charge in [-0.1, -0.05) is 18.5 Å². The third kappa shape index (κ3) is 4.84. The van der Waals surface area contributed by atoms with Crippen LogP contribution in [0.5, 0.6) is 5.75 Å². The highest BCUT2D eigenvalue weighted by molar-refractivity contribution is 6.30. The van der Waals surface area contributed by atoms with Crippen LogP contribution in [0.3, 0.4) is 0 Å². The first-order valence-electron chi connectivity index (χ1n) is 5.57. The van der Waals surface area contributed by atoms with E-state index < -0.39 is 0 Å². The summed E-state index contributed by atoms with van der Waals surface area (Å²) >= 11 is 5.78. The van der Waals surface area contributed by atoms with Crippen molar-refractivity contribution in [2.45, 2.75) is 6.92 Å². The van der Waals surface area contributed by atoms with Crippen LogP contribution in [0.2, 0.25) is 5.02 Å². The van der Waals surface area contributed by atoms with E-state index in [2.05, 4.69) is 11.8 Å². The first kappa shape index (κ1) is 13.3. The summed E-state index contributed by atoms with van der Waals surface area (Å²) in [6, 6.07) is 7.41. The van der Waals surface area contributed by atoms with Gasteiger partial charge in [0.05, 0.1) is 0 Å². The van der Waals surface area contributed by atoms with Crippen LogP contribution < -0.4 is 10.5 Å². The highest BCUT2D eigenvalue weighted by Gasteiger charge is 2.00. The molecule has 0 spiro atoms. The molecule has 2 N–H and O–H groups in total. The summed E-state index contributed by atoms with van der Waals surface area (Å²) in [6.45, 7) is 6.31. The molecule has 0 atom stereocenters. The molecule has 0 heterocycles. The Balaban J connectivity index is 2.26. The minimum Gasteiger partial charge on any atom is -0.492 e. The predicted octanol–water partition coefficient (Wildman–Crippen LogP) is 2.00. The van der Waals surface area contributed by atoms with Gasteiger partial charge in [-0.3, -0.25) is 4.90 Å². The van der Waals surface area contributed by atoms with Crippen molar-refractivity contribution in [3.63, 3.8) is 0 Å². The zero-order valence-corrected chi connectivity index (χ0v) is 10.4. The van der Waals surface area contributed by atoms with E-state index >= 15 is 0 Å². The number of hydrogen-bond acceptors (Lipinski definition) is 3. The van der Waals surface area contributed by atoms with E-state index in [0.29, 0.717) is 13.2 Å². The maximum Gasteiger partial charge on any atom is 0.119 e. The highest BCUT2D eigenvalue weighted by atomic mass is 35.5. The summed E-state index contributed by atoms with van der Waals surface area (Å²) in [7, 11) is 0. The van der Waals surface area contributed by atoms with E-state index in [1.165, 1.54) is 0 Å². The normalized spacial score (nSPS) is 10.8. The van der Waals surface area contributed by atoms with Crippen LogP contribution in [-0.2, 0) is 0 Å². The minimum absolute atomic E-state index is 0.676. The lowest BCUT2D eigenvalue weighted by Crippen LogP contribution is -2.32. The zero-order valence-electron chi connectivity index (χ0n) is 9.66. The SMILES string of the molecule is CCN(CCN)CCOc1ccc(Cl)cc1. The predicted molar refractivity (Wildman–Crippen MR) is 68.1 cm³/mol. The third-order valence-electron chi connectivity index (χ3n) is 2.38. The smallest absolute Gasteiger partial charge is 0.119 e. The molecule has 0 saturated heterocycles. The van der Waals surface area contributed by atoms with Crippen LogP contribution in [0.15, 0.2) is 24.3 Å². The van der Waals surface area contributed by atoms with Gasteiger partial charge in [0.15, 0.2) is 0 Å². The molecule has 0 aliphatic rings. The average molecular weight is 243 g/mol. The van der Waals surface area contributed by atoms with Gasteiger partial charge < -0.3 is 10.5 Å². The lowest BCUT2D eigenvalue weighted by molar-refractivity contribution is 0.219. The van der Waals surface area contributed by atoms with Crippen molar-refractivity contribution < 1.29 is 4.74 Å². The number of nitrogens with zero attached hydrogens (tertiary/aromatic N) is 1. The molecule has 0 amide bonds. The third-order valence-corrected chi connectivity index (χ3v) is 2.63. The zero-order chi connectivity index (χ0) is 11.8. The largest absolute Gasteiger partial charge is 0.492 e. The molecule has 1 aromatic carbocycles. The number of ether oxygens (including phenoxy) is 1. The van der Waals surface area contributed by atoms with Gasteiger partial charge in [-0.25, -0.2) is 0 Å². The summed E-state index contributed by atoms with van der Waals surface area (Å²) in [5.41, 5.74) is 5.51. The van der Waals surface area contributed by atoms with Crippen molar-refractivity contribution in [3.05, 3.63) is 29.3 Å². The van der Waals surface area contributed by atoms with E-state index in [1.807, 2.05) is 24.3 Å². The Kier molecular flexibility index (Phi) is 6.23. The average Bonchev–Trinajstić information content (AvgIpc) is 2.30. The fraction of sp³-hybridized carbons (Fsp3) is 0.500. The van der Waals surface area contributed by atoms with Crippen LogP contribution in [0, 0.1) is 0 Å². The Labute approximate surface area is 102 Å². The van der Waals surface area contributed by atoms with Crippen molar-refractivity contribution in [1.82, 2.24) is 4.90 Å². The van der Waals surface area contributed by atoms with E-state index in [4.69, 9.17) is 22.1 Å². The molecule has 1 aromatic rings. The van der Waals surface area contributed by atoms with Crippen molar-refractivity contribution in [3.8, 4) is 5.75 Å². The molecule has 0 unspecified atom stereocenters. The monoisotopic (exact) mass is 242 g/mol. The fourth-order valence-corrected chi connectivity index (χ4v) is 1.56. The lowest BCUT2D eigenvalue weighted by atomic mass is 10.3. The molecule has 16 heavy (non-hydrogen) atoms. The van der Waals surface area contributed by atoms with E-state index in [0.717, 1.165) is 30.4 Å². The van der Waals surface area contributed by atoms with Crippen LogP contribution in [0.25, 0.3) is 0 Å². The molecule has 90 valence electrons. The number of halogens is 1. The molecular formula is C12H19ClN2O. The quantitative estimate of drug-likeness (QED) is 0.795. The van der Waals surface area contributed by atoms with Gasteiger partial charge in [0.1, 0.15) is 12.4 Å². The van der Waals surface area contributed by atoms with Crippen molar-refractivity contribution in [2.75, 3.05) is 32.8 Å². The number of rotatable bonds is 7. The Hall–Kier alpha value is -0.770. The first-order valence-corrected chi connectivity index (χ1v) is 5.95. The van der Waals surface area contributed by atoms with Crippen molar-refractivity contribution in [2.24, 2.45) is 5.73 Å². The molecule has 0 radical (unpaired) electrons. The number of hydrogen-bond donors (Lipinski definition) is 1. The van der Waals surface area contributed by atoms with Crippen LogP contribution in [0.1, 0.15) is 6.92 Å². The van der Waals surface area contributed by atoms with E-state index in [-0.39, 0.29) is 0 Å². The number of nitrogens with two attached hydrogens (primary N) is 1. The highest BCUT2D eigenvalue weighted by Crippen LogP contribution is 2.15. The molecule has 3 nitrogen and oxygen atoms in total. The maximum atomic E-state index is 5.78. The van der Waals surface area contributed by atoms with Gasteiger partial charge in [0.2, 0.25) is 0 Å². The Morgan fingerprint density at radius 3 is 2.50 bits per heavy atom. The standard InChI is InChI=1S/C12H19ClN2O/c1-2-15(8-7-14)9-10-16-12-5-3-11(13)4-6-12/h3-6H,2,7-10,14H2,1H3. The van der Waals surface area contributed by atoms with Gasteiger partial charge in [0, 0.05) is 24.7 Å². The second-order valence-electron chi connectivity index (χ2n) is 3.53. The summed E-state index contributed by atoms with van der Waals surface area (Å²) < 4.78 is 5.60. The van der Waals surface area contributed by atoms with Gasteiger partial charge >= 0.3 is 0 Å². The number of likely N-dealkylation sites (N-methyl/N-ethyl adjacent to an activating group) is 1. The molecule has 4 heteroatoms. The van der Waals surface area contributed by atoms with Gasteiger partial charge in [-0.15, -0.1) is 0 Å². The molecule has 1 rings (SSSR count). The maximum absolute atomic E-state index is 5.78. The van der Waals surface area contributed by atoms with Gasteiger partial charge in [0.25, 0.3) is 0 Å². The second kappa shape index (κ2) is 7.49. The Morgan fingerprint density at radius 2 is 1.94 bits per heavy atom. The molecule has 0 saturated carbocycles. The lowest BCUT2D eigenvalue weighted by Gasteiger charge is -2.19. The molecule has 0 aromatic heterocycles. The van der Waals surface area contributed by atoms with Crippen LogP contribution in [-0.4, -0.2) is 37.7 Å². The molecular weight excluding hydrogens is 224 g/mol. The summed E-state index contributed by atoms with van der Waals surface area (Å²) in [5, 5.41) is 0.727. The van der Waals surface area contributed by atoms with Gasteiger partial charge in [-0.2, -0.15) is 0 Å². The van der Waals surface area contributed by atoms with Crippen LogP contribution in [0.4, 0.5) is 0 Å². The minimum atomic E-state index is 0.676. The summed E-state index contributed by atoms with van der Waals surface area (Å²) in [5.74, 6) is 0.855. The topological polar surface area (TPSA) is 38.5 Å². The first-order chi connectivity index (χ1) is 7.76. The van der Waals surface area contributed by atoms with Crippen molar-refractivity contribution >= 4 is 11.6 Å². The van der Waals surface area contributed by atoms with Crippen molar-refractivity contribution in [1.29, 1.82) is 0 Å². The van der Waals surface area contributed by atoms with Crippen LogP contribution >= 0.6 is 11.6 Å². The Bertz CT molecular complexity index is 290. The van der Waals surface area contributed by atoms with E-state index in [1.54, 1.807) is 0 Å². The number of benzene rings is 1. The fourth-order valence-electron chi connectivity index (χ4n) is 1.43. The summed E-state index contributed by atoms with van der Waals surface area (Å²) in [4.78, 5) is 2.26. The summed E-state index contributed by atoms with van der Waals surface area (Å²) in [6.07, 6.45) is 0. The van der Waals surface area contributed by atoms with E-state index in [9.17, 15) is 0 Å². The molecule has 0 fully saturated rings. The molecule has 0 aliphatic carbocycles.